The molecule has 1 aromatic carbocycles. The van der Waals surface area contributed by atoms with Crippen LogP contribution in [0.4, 0.5) is 11.4 Å². The van der Waals surface area contributed by atoms with E-state index >= 15 is 0 Å². The first-order valence-electron chi connectivity index (χ1n) is 6.47. The standard InChI is InChI=1S/C13H18N4O4/c14-3-5-20-7-8-21-6-4-16-12-2-1-11(10-15)9-13(12)17(18)19/h1-2,9,16H,3-8,14H2. The number of hydrogen-bond acceptors (Lipinski definition) is 7. The van der Waals surface area contributed by atoms with Gasteiger partial charge in [-0.25, -0.2) is 0 Å². The number of nitro benzene ring substituents is 1. The molecule has 0 aliphatic carbocycles. The van der Waals surface area contributed by atoms with Gasteiger partial charge in [0.15, 0.2) is 0 Å². The number of hydrogen-bond donors (Lipinski definition) is 2. The van der Waals surface area contributed by atoms with Gasteiger partial charge in [-0.3, -0.25) is 10.1 Å². The first-order chi connectivity index (χ1) is 10.2. The van der Waals surface area contributed by atoms with Crippen molar-refractivity contribution in [1.29, 1.82) is 5.26 Å². The van der Waals surface area contributed by atoms with E-state index in [0.29, 0.717) is 45.2 Å². The van der Waals surface area contributed by atoms with Crippen LogP contribution in [0.3, 0.4) is 0 Å². The summed E-state index contributed by atoms with van der Waals surface area (Å²) in [6, 6.07) is 6.15. The molecule has 0 aromatic heterocycles. The Hall–Kier alpha value is -2.21. The maximum absolute atomic E-state index is 10.9. The molecule has 0 radical (unpaired) electrons. The second kappa shape index (κ2) is 9.66. The van der Waals surface area contributed by atoms with Gasteiger partial charge in [0, 0.05) is 19.2 Å². The third-order valence-electron chi connectivity index (χ3n) is 2.52. The van der Waals surface area contributed by atoms with Crippen molar-refractivity contribution in [2.24, 2.45) is 5.73 Å². The quantitative estimate of drug-likeness (QED) is 0.373. The van der Waals surface area contributed by atoms with Gasteiger partial charge in [0.05, 0.1) is 43.0 Å². The van der Waals surface area contributed by atoms with Crippen LogP contribution in [0.25, 0.3) is 0 Å². The van der Waals surface area contributed by atoms with Crippen LogP contribution < -0.4 is 11.1 Å². The second-order valence-electron chi connectivity index (χ2n) is 4.04. The topological polar surface area (TPSA) is 123 Å². The molecule has 8 heteroatoms. The molecule has 114 valence electrons. The Kier molecular flexibility index (Phi) is 7.74. The lowest BCUT2D eigenvalue weighted by molar-refractivity contribution is -0.384. The van der Waals surface area contributed by atoms with E-state index in [0.717, 1.165) is 0 Å². The van der Waals surface area contributed by atoms with Crippen LogP contribution >= 0.6 is 0 Å². The first kappa shape index (κ1) is 16.8. The summed E-state index contributed by atoms with van der Waals surface area (Å²) < 4.78 is 10.4. The van der Waals surface area contributed by atoms with Crippen molar-refractivity contribution in [3.8, 4) is 6.07 Å². The Bertz CT molecular complexity index is 501. The third kappa shape index (κ3) is 6.18. The number of nitro groups is 1. The molecule has 8 nitrogen and oxygen atoms in total. The van der Waals surface area contributed by atoms with Gasteiger partial charge in [0.1, 0.15) is 5.69 Å². The lowest BCUT2D eigenvalue weighted by atomic mass is 10.2. The SMILES string of the molecule is N#Cc1ccc(NCCOCCOCCN)c([N+](=O)[O-])c1. The molecule has 0 amide bonds. The Balaban J connectivity index is 2.35. The molecular weight excluding hydrogens is 276 g/mol. The summed E-state index contributed by atoms with van der Waals surface area (Å²) in [5.74, 6) is 0. The highest BCUT2D eigenvalue weighted by Gasteiger charge is 2.14. The molecule has 0 fully saturated rings. The maximum atomic E-state index is 10.9. The minimum absolute atomic E-state index is 0.125. The molecule has 21 heavy (non-hydrogen) atoms. The summed E-state index contributed by atoms with van der Waals surface area (Å²) in [6.07, 6.45) is 0. The predicted octanol–water partition coefficient (Wildman–Crippen LogP) is 0.870. The minimum atomic E-state index is -0.523. The third-order valence-corrected chi connectivity index (χ3v) is 2.52. The van der Waals surface area contributed by atoms with E-state index in [1.807, 2.05) is 6.07 Å². The summed E-state index contributed by atoms with van der Waals surface area (Å²) in [6.45, 7) is 2.70. The van der Waals surface area contributed by atoms with Gasteiger partial charge in [-0.05, 0) is 12.1 Å². The highest BCUT2D eigenvalue weighted by atomic mass is 16.6. The van der Waals surface area contributed by atoms with Crippen LogP contribution in [0, 0.1) is 21.4 Å². The highest BCUT2D eigenvalue weighted by Crippen LogP contribution is 2.24. The van der Waals surface area contributed by atoms with Crippen molar-refractivity contribution in [3.63, 3.8) is 0 Å². The zero-order valence-electron chi connectivity index (χ0n) is 11.6. The summed E-state index contributed by atoms with van der Waals surface area (Å²) in [7, 11) is 0. The summed E-state index contributed by atoms with van der Waals surface area (Å²) in [5.41, 5.74) is 5.75. The van der Waals surface area contributed by atoms with Crippen LogP contribution in [0.2, 0.25) is 0 Å². The highest BCUT2D eigenvalue weighted by molar-refractivity contribution is 5.63. The maximum Gasteiger partial charge on any atom is 0.293 e. The Labute approximate surface area is 122 Å². The molecule has 0 bridgehead atoms. The van der Waals surface area contributed by atoms with E-state index < -0.39 is 4.92 Å². The average Bonchev–Trinajstić information content (AvgIpc) is 2.49. The van der Waals surface area contributed by atoms with Crippen molar-refractivity contribution in [2.75, 3.05) is 44.8 Å². The van der Waals surface area contributed by atoms with Crippen molar-refractivity contribution in [3.05, 3.63) is 33.9 Å². The lowest BCUT2D eigenvalue weighted by Gasteiger charge is -2.08. The Morgan fingerprint density at radius 1 is 1.29 bits per heavy atom. The summed E-state index contributed by atoms with van der Waals surface area (Å²) >= 11 is 0. The van der Waals surface area contributed by atoms with Gasteiger partial charge < -0.3 is 20.5 Å². The molecular formula is C13H18N4O4. The number of ether oxygens (including phenoxy) is 2. The molecule has 0 unspecified atom stereocenters. The zero-order chi connectivity index (χ0) is 15.5. The monoisotopic (exact) mass is 294 g/mol. The molecule has 1 aromatic rings. The van der Waals surface area contributed by atoms with Gasteiger partial charge in [-0.2, -0.15) is 5.26 Å². The Morgan fingerprint density at radius 2 is 2.00 bits per heavy atom. The van der Waals surface area contributed by atoms with Gasteiger partial charge in [0.25, 0.3) is 5.69 Å². The number of benzene rings is 1. The van der Waals surface area contributed by atoms with Gasteiger partial charge in [-0.1, -0.05) is 0 Å². The molecule has 0 heterocycles. The van der Waals surface area contributed by atoms with E-state index in [2.05, 4.69) is 5.32 Å². The van der Waals surface area contributed by atoms with E-state index in [-0.39, 0.29) is 11.3 Å². The number of nitrogens with zero attached hydrogens (tertiary/aromatic N) is 2. The fourth-order valence-electron chi connectivity index (χ4n) is 1.56. The largest absolute Gasteiger partial charge is 0.378 e. The smallest absolute Gasteiger partial charge is 0.293 e. The molecule has 0 saturated heterocycles. The van der Waals surface area contributed by atoms with Gasteiger partial charge >= 0.3 is 0 Å². The lowest BCUT2D eigenvalue weighted by Crippen LogP contribution is -2.15. The van der Waals surface area contributed by atoms with Crippen molar-refractivity contribution < 1.29 is 14.4 Å². The number of nitrogens with two attached hydrogens (primary N) is 1. The molecule has 0 aliphatic rings. The summed E-state index contributed by atoms with van der Waals surface area (Å²) in [4.78, 5) is 10.4. The first-order valence-corrected chi connectivity index (χ1v) is 6.47. The molecule has 1 rings (SSSR count). The van der Waals surface area contributed by atoms with Crippen molar-refractivity contribution in [1.82, 2.24) is 0 Å². The normalized spacial score (nSPS) is 10.1. The molecule has 3 N–H and O–H groups in total. The van der Waals surface area contributed by atoms with Gasteiger partial charge in [0.2, 0.25) is 0 Å². The zero-order valence-corrected chi connectivity index (χ0v) is 11.6. The van der Waals surface area contributed by atoms with Gasteiger partial charge in [-0.15, -0.1) is 0 Å². The molecule has 0 spiro atoms. The second-order valence-corrected chi connectivity index (χ2v) is 4.04. The van der Waals surface area contributed by atoms with Crippen LogP contribution in [-0.4, -0.2) is 44.4 Å². The number of rotatable bonds is 10. The van der Waals surface area contributed by atoms with Crippen LogP contribution in [0.1, 0.15) is 5.56 Å². The van der Waals surface area contributed by atoms with Crippen molar-refractivity contribution >= 4 is 11.4 Å². The predicted molar refractivity (Wildman–Crippen MR) is 77.0 cm³/mol. The average molecular weight is 294 g/mol. The number of nitrogens with one attached hydrogen (secondary N) is 1. The van der Waals surface area contributed by atoms with Crippen LogP contribution in [-0.2, 0) is 9.47 Å². The van der Waals surface area contributed by atoms with E-state index in [9.17, 15) is 10.1 Å². The van der Waals surface area contributed by atoms with Crippen LogP contribution in [0.15, 0.2) is 18.2 Å². The fraction of sp³-hybridized carbons (Fsp3) is 0.462. The van der Waals surface area contributed by atoms with E-state index in [1.54, 1.807) is 0 Å². The fourth-order valence-corrected chi connectivity index (χ4v) is 1.56. The van der Waals surface area contributed by atoms with E-state index in [1.165, 1.54) is 18.2 Å². The molecule has 0 atom stereocenters. The van der Waals surface area contributed by atoms with Crippen molar-refractivity contribution in [2.45, 2.75) is 0 Å². The molecule has 0 aliphatic heterocycles. The number of nitriles is 1. The van der Waals surface area contributed by atoms with E-state index in [4.69, 9.17) is 20.5 Å². The number of anilines is 1. The van der Waals surface area contributed by atoms with Crippen LogP contribution in [0.5, 0.6) is 0 Å². The minimum Gasteiger partial charge on any atom is -0.378 e. The molecule has 0 saturated carbocycles. The summed E-state index contributed by atoms with van der Waals surface area (Å²) in [5, 5.41) is 22.6. The Morgan fingerprint density at radius 3 is 2.62 bits per heavy atom.